The van der Waals surface area contributed by atoms with E-state index in [1.807, 2.05) is 54.6 Å². The van der Waals surface area contributed by atoms with Crippen LogP contribution in [0, 0.1) is 5.92 Å². The number of carbonyl (C=O) groups is 3. The summed E-state index contributed by atoms with van der Waals surface area (Å²) in [5, 5.41) is 6.29. The number of ether oxygens (including phenoxy) is 1. The second-order valence-electron chi connectivity index (χ2n) is 9.22. The maximum atomic E-state index is 13.1. The molecule has 0 unspecified atom stereocenters. The van der Waals surface area contributed by atoms with Crippen LogP contribution in [0.2, 0.25) is 0 Å². The number of rotatable bonds is 6. The maximum Gasteiger partial charge on any atom is 0.337 e. The lowest BCUT2D eigenvalue weighted by molar-refractivity contribution is -0.110. The number of ketones is 1. The molecule has 1 heterocycles. The highest BCUT2D eigenvalue weighted by molar-refractivity contribution is 6.37. The van der Waals surface area contributed by atoms with Gasteiger partial charge < -0.3 is 15.4 Å². The quantitative estimate of drug-likeness (QED) is 0.250. The molecule has 1 fully saturated rings. The molecule has 0 atom stereocenters. The molecular formula is C30H28N2O4. The third kappa shape index (κ3) is 4.67. The standard InChI is InChI=1S/C30H28N2O4/c1-36-30(35)22-14-17-24-25(18-22)32-29(34)26(24)27(19-8-4-2-5-9-19)31-23-15-12-21(13-16-23)28(33)20-10-6-3-7-11-20/h2,4-5,8-9,12-18,20,31H,3,6-7,10-11H2,1H3,(H,32,34). The van der Waals surface area contributed by atoms with Crippen LogP contribution in [0.25, 0.3) is 11.3 Å². The summed E-state index contributed by atoms with van der Waals surface area (Å²) in [4.78, 5) is 38.0. The van der Waals surface area contributed by atoms with Gasteiger partial charge in [-0.3, -0.25) is 9.59 Å². The zero-order chi connectivity index (χ0) is 25.1. The average Bonchev–Trinajstić information content (AvgIpc) is 3.26. The maximum absolute atomic E-state index is 13.1. The fraction of sp³-hybridized carbons (Fsp3) is 0.233. The summed E-state index contributed by atoms with van der Waals surface area (Å²) in [5.74, 6) is -0.391. The number of anilines is 2. The van der Waals surface area contributed by atoms with Gasteiger partial charge in [-0.15, -0.1) is 0 Å². The second kappa shape index (κ2) is 10.2. The van der Waals surface area contributed by atoms with Crippen LogP contribution < -0.4 is 10.6 Å². The molecule has 0 radical (unpaired) electrons. The minimum absolute atomic E-state index is 0.119. The van der Waals surface area contributed by atoms with Gasteiger partial charge in [0.2, 0.25) is 0 Å². The molecule has 6 nitrogen and oxygen atoms in total. The Morgan fingerprint density at radius 3 is 2.25 bits per heavy atom. The monoisotopic (exact) mass is 480 g/mol. The van der Waals surface area contributed by atoms with E-state index in [0.717, 1.165) is 42.5 Å². The van der Waals surface area contributed by atoms with E-state index in [-0.39, 0.29) is 17.6 Å². The molecule has 1 aliphatic carbocycles. The highest BCUT2D eigenvalue weighted by Crippen LogP contribution is 2.38. The summed E-state index contributed by atoms with van der Waals surface area (Å²) < 4.78 is 4.81. The van der Waals surface area contributed by atoms with Crippen LogP contribution in [0.4, 0.5) is 11.4 Å². The number of fused-ring (bicyclic) bond motifs is 1. The van der Waals surface area contributed by atoms with Crippen molar-refractivity contribution in [2.75, 3.05) is 17.7 Å². The van der Waals surface area contributed by atoms with Crippen molar-refractivity contribution in [3.63, 3.8) is 0 Å². The van der Waals surface area contributed by atoms with E-state index in [1.165, 1.54) is 13.5 Å². The molecule has 5 rings (SSSR count). The number of amides is 1. The molecule has 0 bridgehead atoms. The molecule has 3 aromatic carbocycles. The number of methoxy groups -OCH3 is 1. The number of esters is 1. The van der Waals surface area contributed by atoms with E-state index in [1.54, 1.807) is 18.2 Å². The average molecular weight is 481 g/mol. The van der Waals surface area contributed by atoms with Crippen LogP contribution in [0.3, 0.4) is 0 Å². The van der Waals surface area contributed by atoms with Crippen LogP contribution >= 0.6 is 0 Å². The smallest absolute Gasteiger partial charge is 0.337 e. The van der Waals surface area contributed by atoms with Crippen molar-refractivity contribution in [2.24, 2.45) is 5.92 Å². The third-order valence-electron chi connectivity index (χ3n) is 6.91. The lowest BCUT2D eigenvalue weighted by atomic mass is 9.84. The molecular weight excluding hydrogens is 452 g/mol. The summed E-state index contributed by atoms with van der Waals surface area (Å²) in [6, 6.07) is 22.1. The molecule has 1 amide bonds. The largest absolute Gasteiger partial charge is 0.465 e. The first kappa shape index (κ1) is 23.5. The highest BCUT2D eigenvalue weighted by Gasteiger charge is 2.29. The first-order valence-electron chi connectivity index (χ1n) is 12.3. The van der Waals surface area contributed by atoms with Gasteiger partial charge in [0.15, 0.2) is 5.78 Å². The molecule has 1 aliphatic heterocycles. The summed E-state index contributed by atoms with van der Waals surface area (Å²) in [6.07, 6.45) is 5.39. The number of hydrogen-bond donors (Lipinski definition) is 2. The van der Waals surface area contributed by atoms with Gasteiger partial charge in [-0.2, -0.15) is 0 Å². The SMILES string of the molecule is COC(=O)c1ccc2c(c1)NC(=O)C2=C(Nc1ccc(C(=O)C2CCCCC2)cc1)c1ccccc1. The highest BCUT2D eigenvalue weighted by atomic mass is 16.5. The zero-order valence-electron chi connectivity index (χ0n) is 20.2. The molecule has 1 saturated carbocycles. The van der Waals surface area contributed by atoms with Gasteiger partial charge >= 0.3 is 5.97 Å². The Kier molecular flexibility index (Phi) is 6.67. The van der Waals surface area contributed by atoms with E-state index in [9.17, 15) is 14.4 Å². The van der Waals surface area contributed by atoms with E-state index < -0.39 is 5.97 Å². The summed E-state index contributed by atoms with van der Waals surface area (Å²) in [7, 11) is 1.32. The first-order valence-corrected chi connectivity index (χ1v) is 12.3. The molecule has 2 N–H and O–H groups in total. The van der Waals surface area contributed by atoms with E-state index in [4.69, 9.17) is 4.74 Å². The number of Topliss-reactive ketones (excluding diaryl/α,β-unsaturated/α-hetero) is 1. The van der Waals surface area contributed by atoms with Crippen molar-refractivity contribution >= 4 is 40.3 Å². The Labute approximate surface area is 210 Å². The van der Waals surface area contributed by atoms with Gasteiger partial charge in [0, 0.05) is 22.7 Å². The van der Waals surface area contributed by atoms with Gasteiger partial charge in [-0.05, 0) is 54.8 Å². The Hall–Kier alpha value is -4.19. The van der Waals surface area contributed by atoms with Crippen LogP contribution in [-0.2, 0) is 9.53 Å². The molecule has 0 spiro atoms. The minimum atomic E-state index is -0.464. The van der Waals surface area contributed by atoms with Crippen LogP contribution in [-0.4, -0.2) is 24.8 Å². The molecule has 182 valence electrons. The van der Waals surface area contributed by atoms with Crippen molar-refractivity contribution in [1.82, 2.24) is 0 Å². The summed E-state index contributed by atoms with van der Waals surface area (Å²) in [5.41, 5.74) is 5.08. The Morgan fingerprint density at radius 2 is 1.56 bits per heavy atom. The van der Waals surface area contributed by atoms with E-state index in [0.29, 0.717) is 28.1 Å². The molecule has 2 aliphatic rings. The second-order valence-corrected chi connectivity index (χ2v) is 9.22. The molecule has 0 aromatic heterocycles. The Balaban J connectivity index is 1.50. The fourth-order valence-electron chi connectivity index (χ4n) is 5.01. The van der Waals surface area contributed by atoms with Crippen LogP contribution in [0.1, 0.15) is 63.9 Å². The van der Waals surface area contributed by atoms with Crippen LogP contribution in [0.15, 0.2) is 72.8 Å². The van der Waals surface area contributed by atoms with Gasteiger partial charge in [-0.1, -0.05) is 55.7 Å². The Bertz CT molecular complexity index is 1340. The summed E-state index contributed by atoms with van der Waals surface area (Å²) in [6.45, 7) is 0. The van der Waals surface area contributed by atoms with Crippen molar-refractivity contribution in [2.45, 2.75) is 32.1 Å². The van der Waals surface area contributed by atoms with Crippen molar-refractivity contribution in [1.29, 1.82) is 0 Å². The molecule has 0 saturated heterocycles. The molecule has 3 aromatic rings. The van der Waals surface area contributed by atoms with Gasteiger partial charge in [0.25, 0.3) is 5.91 Å². The normalized spacial score (nSPS) is 16.6. The number of carbonyl (C=O) groups excluding carboxylic acids is 3. The van der Waals surface area contributed by atoms with E-state index in [2.05, 4.69) is 10.6 Å². The first-order chi connectivity index (χ1) is 17.5. The Morgan fingerprint density at radius 1 is 0.861 bits per heavy atom. The topological polar surface area (TPSA) is 84.5 Å². The number of benzene rings is 3. The van der Waals surface area contributed by atoms with Gasteiger partial charge in [-0.25, -0.2) is 4.79 Å². The lowest BCUT2D eigenvalue weighted by Gasteiger charge is -2.20. The third-order valence-corrected chi connectivity index (χ3v) is 6.91. The lowest BCUT2D eigenvalue weighted by Crippen LogP contribution is -2.17. The van der Waals surface area contributed by atoms with Gasteiger partial charge in [0.1, 0.15) is 0 Å². The predicted octanol–water partition coefficient (Wildman–Crippen LogP) is 6.17. The van der Waals surface area contributed by atoms with Crippen molar-refractivity contribution in [3.8, 4) is 0 Å². The summed E-state index contributed by atoms with van der Waals surface area (Å²) >= 11 is 0. The number of hydrogen-bond acceptors (Lipinski definition) is 5. The predicted molar refractivity (Wildman–Crippen MR) is 141 cm³/mol. The number of nitrogens with one attached hydrogen (secondary N) is 2. The van der Waals surface area contributed by atoms with Crippen molar-refractivity contribution in [3.05, 3.63) is 95.1 Å². The minimum Gasteiger partial charge on any atom is -0.465 e. The molecule has 36 heavy (non-hydrogen) atoms. The van der Waals surface area contributed by atoms with Crippen LogP contribution in [0.5, 0.6) is 0 Å². The fourth-order valence-corrected chi connectivity index (χ4v) is 5.01. The molecule has 6 heteroatoms. The zero-order valence-corrected chi connectivity index (χ0v) is 20.2. The van der Waals surface area contributed by atoms with Gasteiger partial charge in [0.05, 0.1) is 29.6 Å². The van der Waals surface area contributed by atoms with Crippen molar-refractivity contribution < 1.29 is 19.1 Å². The van der Waals surface area contributed by atoms with E-state index >= 15 is 0 Å².